The van der Waals surface area contributed by atoms with Crippen LogP contribution in [0.3, 0.4) is 0 Å². The molecule has 182 valence electrons. The summed E-state index contributed by atoms with van der Waals surface area (Å²) in [4.78, 5) is 16.8. The molecule has 2 aromatic rings. The van der Waals surface area contributed by atoms with E-state index >= 15 is 0 Å². The van der Waals surface area contributed by atoms with Gasteiger partial charge in [0.2, 0.25) is 6.86 Å². The van der Waals surface area contributed by atoms with Crippen molar-refractivity contribution in [1.82, 2.24) is 25.3 Å². The van der Waals surface area contributed by atoms with Gasteiger partial charge in [0, 0.05) is 31.7 Å². The first-order valence-electron chi connectivity index (χ1n) is 10.9. The Hall–Kier alpha value is -3.50. The fraction of sp³-hybridized carbons (Fsp3) is 0.391. The molecule has 1 unspecified atom stereocenters. The molecule has 0 radical (unpaired) electrons. The third kappa shape index (κ3) is 5.18. The summed E-state index contributed by atoms with van der Waals surface area (Å²) >= 11 is 0. The first-order chi connectivity index (χ1) is 16.4. The number of hydrogen-bond donors (Lipinski definition) is 2. The van der Waals surface area contributed by atoms with Crippen LogP contribution in [0, 0.1) is 0 Å². The third-order valence-electron chi connectivity index (χ3n) is 5.87. The van der Waals surface area contributed by atoms with E-state index < -0.39 is 30.2 Å². The molecule has 34 heavy (non-hydrogen) atoms. The highest BCUT2D eigenvalue weighted by molar-refractivity contribution is 5.93. The maximum Gasteiger partial charge on any atom is 0.420 e. The van der Waals surface area contributed by atoms with Crippen LogP contribution in [-0.2, 0) is 12.7 Å². The van der Waals surface area contributed by atoms with Gasteiger partial charge in [-0.2, -0.15) is 18.3 Å². The second-order valence-corrected chi connectivity index (χ2v) is 8.03. The molecule has 1 aromatic carbocycles. The topological polar surface area (TPSA) is 73.5 Å². The van der Waals surface area contributed by atoms with Crippen molar-refractivity contribution in [3.63, 3.8) is 0 Å². The second kappa shape index (κ2) is 10.2. The maximum atomic E-state index is 13.2. The van der Waals surface area contributed by atoms with Gasteiger partial charge >= 0.3 is 6.18 Å². The smallest absolute Gasteiger partial charge is 0.420 e. The number of allylic oxidation sites excluding steroid dienone is 2. The Balaban J connectivity index is 1.54. The summed E-state index contributed by atoms with van der Waals surface area (Å²) in [5.41, 5.74) is -0.989. The Bertz CT molecular complexity index is 1060. The number of rotatable bonds is 8. The van der Waals surface area contributed by atoms with Crippen molar-refractivity contribution < 1.29 is 27.1 Å². The number of aromatic amines is 1. The average molecular weight is 479 g/mol. The monoisotopic (exact) mass is 479 g/mol. The van der Waals surface area contributed by atoms with Gasteiger partial charge in [0.15, 0.2) is 0 Å². The van der Waals surface area contributed by atoms with Crippen LogP contribution in [-0.4, -0.2) is 58.4 Å². The summed E-state index contributed by atoms with van der Waals surface area (Å²) in [6.07, 6.45) is 3.73. The number of nitrogens with zero attached hydrogens (tertiary/aromatic N) is 3. The van der Waals surface area contributed by atoms with Crippen LogP contribution in [0.1, 0.15) is 34.5 Å². The molecule has 0 aliphatic carbocycles. The largest absolute Gasteiger partial charge is 0.463 e. The lowest BCUT2D eigenvalue weighted by Crippen LogP contribution is -2.46. The lowest BCUT2D eigenvalue weighted by atomic mass is 10.1. The van der Waals surface area contributed by atoms with Crippen LogP contribution >= 0.6 is 0 Å². The van der Waals surface area contributed by atoms with Crippen LogP contribution in [0.4, 0.5) is 17.6 Å². The fourth-order valence-corrected chi connectivity index (χ4v) is 4.23. The highest BCUT2D eigenvalue weighted by atomic mass is 19.4. The van der Waals surface area contributed by atoms with E-state index in [4.69, 9.17) is 4.74 Å². The SMILES string of the molecule is O=C(NCC1C=CC=C(N2CCCC2)N1Cc1ccccc1OCF)c1[nH]ncc1C(F)(F)F. The van der Waals surface area contributed by atoms with E-state index in [1.807, 2.05) is 35.3 Å². The van der Waals surface area contributed by atoms with E-state index in [9.17, 15) is 22.4 Å². The standard InChI is InChI=1S/C23H25F4N5O2/c24-15-34-19-8-2-1-6-16(19)14-32-17(7-5-9-20(32)31-10-3-4-11-31)12-28-22(33)21-18(13-29-30-21)23(25,26)27/h1-2,5-9,13,17H,3-4,10-12,14-15H2,(H,28,33)(H,29,30). The summed E-state index contributed by atoms with van der Waals surface area (Å²) in [5.74, 6) is 0.457. The van der Waals surface area contributed by atoms with Crippen molar-refractivity contribution >= 4 is 5.91 Å². The van der Waals surface area contributed by atoms with Crippen molar-refractivity contribution in [1.29, 1.82) is 0 Å². The number of H-pyrrole nitrogens is 1. The zero-order valence-corrected chi connectivity index (χ0v) is 18.3. The molecule has 11 heteroatoms. The summed E-state index contributed by atoms with van der Waals surface area (Å²) in [6.45, 7) is 1.21. The van der Waals surface area contributed by atoms with Gasteiger partial charge in [-0.15, -0.1) is 0 Å². The van der Waals surface area contributed by atoms with E-state index in [0.717, 1.165) is 37.3 Å². The molecule has 7 nitrogen and oxygen atoms in total. The molecular formula is C23H25F4N5O2. The highest BCUT2D eigenvalue weighted by Gasteiger charge is 2.37. The molecule has 4 rings (SSSR count). The molecule has 1 saturated heterocycles. The van der Waals surface area contributed by atoms with Crippen LogP contribution < -0.4 is 10.1 Å². The normalized spacial score (nSPS) is 18.2. The van der Waals surface area contributed by atoms with E-state index in [1.54, 1.807) is 12.1 Å². The number of aromatic nitrogens is 2. The summed E-state index contributed by atoms with van der Waals surface area (Å²) in [7, 11) is 0. The number of hydrogen-bond acceptors (Lipinski definition) is 5. The number of carbonyl (C=O) groups excluding carboxylic acids is 1. The molecule has 1 fully saturated rings. The van der Waals surface area contributed by atoms with Gasteiger partial charge in [-0.1, -0.05) is 30.4 Å². The number of amides is 1. The van der Waals surface area contributed by atoms with Crippen LogP contribution in [0.15, 0.2) is 54.5 Å². The second-order valence-electron chi connectivity index (χ2n) is 8.03. The van der Waals surface area contributed by atoms with Crippen molar-refractivity contribution in [3.05, 3.63) is 71.3 Å². The fourth-order valence-electron chi connectivity index (χ4n) is 4.23. The number of halogens is 4. The quantitative estimate of drug-likeness (QED) is 0.563. The van der Waals surface area contributed by atoms with Gasteiger partial charge in [-0.05, 0) is 25.0 Å². The minimum atomic E-state index is -4.69. The summed E-state index contributed by atoms with van der Waals surface area (Å²) < 4.78 is 57.5. The van der Waals surface area contributed by atoms with E-state index in [1.165, 1.54) is 0 Å². The molecule has 1 aromatic heterocycles. The molecule has 2 aliphatic heterocycles. The number of para-hydroxylation sites is 1. The molecule has 0 spiro atoms. The van der Waals surface area contributed by atoms with Gasteiger partial charge in [-0.25, -0.2) is 4.39 Å². The molecule has 2 N–H and O–H groups in total. The number of nitrogens with one attached hydrogen (secondary N) is 2. The van der Waals surface area contributed by atoms with Gasteiger partial charge in [-0.3, -0.25) is 9.89 Å². The number of alkyl halides is 4. The molecule has 0 bridgehead atoms. The van der Waals surface area contributed by atoms with Crippen LogP contribution in [0.5, 0.6) is 5.75 Å². The van der Waals surface area contributed by atoms with Gasteiger partial charge in [0.1, 0.15) is 22.8 Å². The minimum Gasteiger partial charge on any atom is -0.463 e. The Kier molecular flexibility index (Phi) is 7.09. The van der Waals surface area contributed by atoms with E-state index in [-0.39, 0.29) is 12.6 Å². The number of likely N-dealkylation sites (tertiary alicyclic amines) is 1. The molecule has 2 aliphatic rings. The zero-order chi connectivity index (χ0) is 24.1. The highest BCUT2D eigenvalue weighted by Crippen LogP contribution is 2.31. The molecular weight excluding hydrogens is 454 g/mol. The lowest BCUT2D eigenvalue weighted by Gasteiger charge is -2.40. The first-order valence-corrected chi connectivity index (χ1v) is 10.9. The summed E-state index contributed by atoms with van der Waals surface area (Å²) in [6, 6.07) is 6.75. The van der Waals surface area contributed by atoms with Crippen LogP contribution in [0.25, 0.3) is 0 Å². The first kappa shape index (κ1) is 23.7. The summed E-state index contributed by atoms with van der Waals surface area (Å²) in [5, 5.41) is 8.11. The van der Waals surface area contributed by atoms with Crippen molar-refractivity contribution in [2.24, 2.45) is 0 Å². The molecule has 3 heterocycles. The predicted octanol–water partition coefficient (Wildman–Crippen LogP) is 3.84. The van der Waals surface area contributed by atoms with Gasteiger partial charge in [0.05, 0.1) is 12.2 Å². The Morgan fingerprint density at radius 1 is 1.24 bits per heavy atom. The zero-order valence-electron chi connectivity index (χ0n) is 18.3. The average Bonchev–Trinajstić information content (AvgIpc) is 3.52. The Morgan fingerprint density at radius 3 is 2.74 bits per heavy atom. The Labute approximate surface area is 194 Å². The van der Waals surface area contributed by atoms with Gasteiger partial charge < -0.3 is 19.9 Å². The molecule has 1 amide bonds. The van der Waals surface area contributed by atoms with Crippen molar-refractivity contribution in [2.45, 2.75) is 31.6 Å². The maximum absolute atomic E-state index is 13.2. The number of benzene rings is 1. The molecule has 0 saturated carbocycles. The van der Waals surface area contributed by atoms with E-state index in [2.05, 4.69) is 20.4 Å². The number of carbonyl (C=O) groups is 1. The van der Waals surface area contributed by atoms with E-state index in [0.29, 0.717) is 18.5 Å². The Morgan fingerprint density at radius 2 is 2.00 bits per heavy atom. The third-order valence-corrected chi connectivity index (χ3v) is 5.87. The lowest BCUT2D eigenvalue weighted by molar-refractivity contribution is -0.137. The predicted molar refractivity (Wildman–Crippen MR) is 116 cm³/mol. The van der Waals surface area contributed by atoms with Gasteiger partial charge in [0.25, 0.3) is 5.91 Å². The van der Waals surface area contributed by atoms with Crippen molar-refractivity contribution in [3.8, 4) is 5.75 Å². The molecule has 1 atom stereocenters. The van der Waals surface area contributed by atoms with Crippen LogP contribution in [0.2, 0.25) is 0 Å². The van der Waals surface area contributed by atoms with Crippen molar-refractivity contribution in [2.75, 3.05) is 26.5 Å². The minimum absolute atomic E-state index is 0.0585. The number of ether oxygens (including phenoxy) is 1.